The monoisotopic (exact) mass is 575 g/mol. The molecule has 0 unspecified atom stereocenters. The zero-order valence-corrected chi connectivity index (χ0v) is 25.0. The van der Waals surface area contributed by atoms with Gasteiger partial charge in [-0.2, -0.15) is 0 Å². The van der Waals surface area contributed by atoms with Crippen LogP contribution in [0.3, 0.4) is 0 Å². The van der Waals surface area contributed by atoms with Crippen molar-refractivity contribution >= 4 is 27.5 Å². The van der Waals surface area contributed by atoms with E-state index in [1.165, 1.54) is 23.5 Å². The van der Waals surface area contributed by atoms with Crippen molar-refractivity contribution in [3.8, 4) is 0 Å². The molecule has 0 aromatic heterocycles. The standard InChI is InChI=1S/C33H41N3O4S/c1-25(2)28-19-21-30(22-20-28)36(41(39,40)31-17-11-6-12-18-31)24-32(37)35(23-27-13-7-4-8-14-27)26(3)33(38)34-29-15-9-5-10-16-29/h4,6-8,11-14,17-22,25-26,29H,5,9-10,15-16,23-24H2,1-3H3,(H,34,38)/t26-/m0/s1. The van der Waals surface area contributed by atoms with Gasteiger partial charge in [-0.05, 0) is 61.1 Å². The molecule has 1 N–H and O–H groups in total. The lowest BCUT2D eigenvalue weighted by atomic mass is 9.95. The molecule has 0 radical (unpaired) electrons. The van der Waals surface area contributed by atoms with Gasteiger partial charge in [-0.1, -0.05) is 93.8 Å². The van der Waals surface area contributed by atoms with E-state index >= 15 is 0 Å². The molecule has 0 heterocycles. The number of sulfonamides is 1. The minimum atomic E-state index is -4.07. The predicted octanol–water partition coefficient (Wildman–Crippen LogP) is 5.87. The molecule has 1 aliphatic rings. The minimum Gasteiger partial charge on any atom is -0.352 e. The molecule has 8 heteroatoms. The first kappa shape index (κ1) is 30.3. The second kappa shape index (κ2) is 13.8. The van der Waals surface area contributed by atoms with E-state index in [2.05, 4.69) is 19.2 Å². The van der Waals surface area contributed by atoms with Crippen LogP contribution in [0.2, 0.25) is 0 Å². The van der Waals surface area contributed by atoms with Crippen molar-refractivity contribution in [1.29, 1.82) is 0 Å². The third-order valence-corrected chi connectivity index (χ3v) is 9.56. The largest absolute Gasteiger partial charge is 0.352 e. The van der Waals surface area contributed by atoms with Crippen LogP contribution in [0, 0.1) is 0 Å². The first-order valence-corrected chi connectivity index (χ1v) is 15.9. The maximum Gasteiger partial charge on any atom is 0.264 e. The summed E-state index contributed by atoms with van der Waals surface area (Å²) >= 11 is 0. The Labute approximate surface area is 244 Å². The molecule has 1 atom stereocenters. The number of nitrogens with one attached hydrogen (secondary N) is 1. The maximum atomic E-state index is 14.1. The predicted molar refractivity (Wildman–Crippen MR) is 163 cm³/mol. The fourth-order valence-corrected chi connectivity index (χ4v) is 6.64. The summed E-state index contributed by atoms with van der Waals surface area (Å²) in [5.74, 6) is -0.401. The van der Waals surface area contributed by atoms with E-state index in [-0.39, 0.29) is 29.3 Å². The van der Waals surface area contributed by atoms with Gasteiger partial charge in [0.15, 0.2) is 0 Å². The summed E-state index contributed by atoms with van der Waals surface area (Å²) in [5.41, 5.74) is 2.32. The fraction of sp³-hybridized carbons (Fsp3) is 0.394. The second-order valence-electron chi connectivity index (χ2n) is 11.1. The van der Waals surface area contributed by atoms with E-state index in [1.807, 2.05) is 42.5 Å². The van der Waals surface area contributed by atoms with Crippen LogP contribution >= 0.6 is 0 Å². The topological polar surface area (TPSA) is 86.8 Å². The summed E-state index contributed by atoms with van der Waals surface area (Å²) in [7, 11) is -4.07. The number of amides is 2. The molecule has 0 aliphatic heterocycles. The SMILES string of the molecule is CC(C)c1ccc(N(CC(=O)N(Cc2ccccc2)[C@@H](C)C(=O)NC2CCCCC2)S(=O)(=O)c2ccccc2)cc1. The van der Waals surface area contributed by atoms with E-state index in [1.54, 1.807) is 37.3 Å². The average Bonchev–Trinajstić information content (AvgIpc) is 2.99. The lowest BCUT2D eigenvalue weighted by Crippen LogP contribution is -2.53. The van der Waals surface area contributed by atoms with Gasteiger partial charge < -0.3 is 10.2 Å². The summed E-state index contributed by atoms with van der Waals surface area (Å²) in [6.45, 7) is 5.60. The van der Waals surface area contributed by atoms with Gasteiger partial charge in [0.05, 0.1) is 10.6 Å². The lowest BCUT2D eigenvalue weighted by Gasteiger charge is -2.33. The lowest BCUT2D eigenvalue weighted by molar-refractivity contribution is -0.139. The maximum absolute atomic E-state index is 14.1. The summed E-state index contributed by atoms with van der Waals surface area (Å²) in [6.07, 6.45) is 5.19. The molecular weight excluding hydrogens is 534 g/mol. The normalized spacial score (nSPS) is 14.8. The van der Waals surface area contributed by atoms with Gasteiger partial charge in [0, 0.05) is 12.6 Å². The summed E-state index contributed by atoms with van der Waals surface area (Å²) in [5, 5.41) is 3.13. The number of benzene rings is 3. The molecule has 7 nitrogen and oxygen atoms in total. The van der Waals surface area contributed by atoms with Gasteiger partial charge in [-0.25, -0.2) is 8.42 Å². The van der Waals surface area contributed by atoms with Crippen molar-refractivity contribution in [3.63, 3.8) is 0 Å². The Morgan fingerprint density at radius 1 is 0.829 bits per heavy atom. The van der Waals surface area contributed by atoms with Crippen LogP contribution in [0.1, 0.15) is 69.9 Å². The van der Waals surface area contributed by atoms with Crippen LogP contribution in [0.25, 0.3) is 0 Å². The van der Waals surface area contributed by atoms with E-state index in [0.29, 0.717) is 5.69 Å². The highest BCUT2D eigenvalue weighted by atomic mass is 32.2. The van der Waals surface area contributed by atoms with Gasteiger partial charge in [0.2, 0.25) is 11.8 Å². The van der Waals surface area contributed by atoms with Crippen molar-refractivity contribution in [1.82, 2.24) is 10.2 Å². The van der Waals surface area contributed by atoms with Crippen molar-refractivity contribution in [2.24, 2.45) is 0 Å². The highest BCUT2D eigenvalue weighted by Gasteiger charge is 2.33. The van der Waals surface area contributed by atoms with Crippen LogP contribution in [0.15, 0.2) is 89.8 Å². The van der Waals surface area contributed by atoms with Crippen LogP contribution in [-0.2, 0) is 26.2 Å². The molecule has 218 valence electrons. The molecule has 1 saturated carbocycles. The summed E-state index contributed by atoms with van der Waals surface area (Å²) < 4.78 is 29.0. The van der Waals surface area contributed by atoms with Crippen molar-refractivity contribution in [2.75, 3.05) is 10.8 Å². The molecule has 3 aromatic carbocycles. The molecule has 0 spiro atoms. The molecule has 4 rings (SSSR count). The zero-order chi connectivity index (χ0) is 29.4. The summed E-state index contributed by atoms with van der Waals surface area (Å²) in [4.78, 5) is 29.0. The number of hydrogen-bond acceptors (Lipinski definition) is 4. The van der Waals surface area contributed by atoms with Crippen LogP contribution in [0.4, 0.5) is 5.69 Å². The molecule has 3 aromatic rings. The molecule has 0 saturated heterocycles. The Balaban J connectivity index is 1.66. The van der Waals surface area contributed by atoms with Gasteiger partial charge in [0.25, 0.3) is 10.0 Å². The fourth-order valence-electron chi connectivity index (χ4n) is 5.21. The van der Waals surface area contributed by atoms with Gasteiger partial charge in [0.1, 0.15) is 12.6 Å². The van der Waals surface area contributed by atoms with Crippen LogP contribution < -0.4 is 9.62 Å². The highest BCUT2D eigenvalue weighted by Crippen LogP contribution is 2.27. The minimum absolute atomic E-state index is 0.0958. The van der Waals surface area contributed by atoms with Gasteiger partial charge in [-0.3, -0.25) is 13.9 Å². The molecule has 1 aliphatic carbocycles. The van der Waals surface area contributed by atoms with E-state index < -0.39 is 28.5 Å². The van der Waals surface area contributed by atoms with Crippen molar-refractivity contribution in [3.05, 3.63) is 96.1 Å². The number of anilines is 1. The number of rotatable bonds is 11. The zero-order valence-electron chi connectivity index (χ0n) is 24.2. The van der Waals surface area contributed by atoms with Crippen LogP contribution in [0.5, 0.6) is 0 Å². The molecular formula is C33H41N3O4S. The summed E-state index contributed by atoms with van der Waals surface area (Å²) in [6, 6.07) is 24.1. The molecule has 41 heavy (non-hydrogen) atoms. The highest BCUT2D eigenvalue weighted by molar-refractivity contribution is 7.92. The number of hydrogen-bond donors (Lipinski definition) is 1. The van der Waals surface area contributed by atoms with Gasteiger partial charge >= 0.3 is 0 Å². The Morgan fingerprint density at radius 3 is 2.00 bits per heavy atom. The third-order valence-electron chi connectivity index (χ3n) is 7.77. The smallest absolute Gasteiger partial charge is 0.264 e. The Hall–Kier alpha value is -3.65. The number of nitrogens with zero attached hydrogens (tertiary/aromatic N) is 2. The van der Waals surface area contributed by atoms with Crippen molar-refractivity contribution < 1.29 is 18.0 Å². The molecule has 0 bridgehead atoms. The Bertz CT molecular complexity index is 1390. The number of carbonyl (C=O) groups is 2. The average molecular weight is 576 g/mol. The van der Waals surface area contributed by atoms with Gasteiger partial charge in [-0.15, -0.1) is 0 Å². The van der Waals surface area contributed by atoms with Crippen LogP contribution in [-0.4, -0.2) is 43.8 Å². The number of carbonyl (C=O) groups excluding carboxylic acids is 2. The first-order chi connectivity index (χ1) is 19.7. The van der Waals surface area contributed by atoms with Crippen molar-refractivity contribution in [2.45, 2.75) is 82.3 Å². The molecule has 1 fully saturated rings. The van der Waals surface area contributed by atoms with E-state index in [9.17, 15) is 18.0 Å². The van der Waals surface area contributed by atoms with E-state index in [0.717, 1.165) is 41.1 Å². The van der Waals surface area contributed by atoms with E-state index in [4.69, 9.17) is 0 Å². The Kier molecular flexibility index (Phi) is 10.2. The second-order valence-corrected chi connectivity index (χ2v) is 13.0. The third kappa shape index (κ3) is 7.76. The quantitative estimate of drug-likeness (QED) is 0.310. The molecule has 2 amide bonds. The Morgan fingerprint density at radius 2 is 1.41 bits per heavy atom. The first-order valence-electron chi connectivity index (χ1n) is 14.5.